The minimum atomic E-state index is -3.41. The summed E-state index contributed by atoms with van der Waals surface area (Å²) >= 11 is 0. The first-order valence-electron chi connectivity index (χ1n) is 7.09. The Balaban J connectivity index is 1.84. The second-order valence-corrected chi connectivity index (χ2v) is 8.02. The molecule has 1 aromatic carbocycles. The number of sulfonamides is 1. The highest BCUT2D eigenvalue weighted by molar-refractivity contribution is 7.90. The molecule has 4 nitrogen and oxygen atoms in total. The van der Waals surface area contributed by atoms with Crippen molar-refractivity contribution in [3.63, 3.8) is 0 Å². The Bertz CT molecular complexity index is 658. The molecule has 0 aromatic heterocycles. The van der Waals surface area contributed by atoms with Crippen molar-refractivity contribution in [1.82, 2.24) is 4.72 Å². The van der Waals surface area contributed by atoms with Crippen LogP contribution in [0.3, 0.4) is 0 Å². The van der Waals surface area contributed by atoms with E-state index in [-0.39, 0.29) is 0 Å². The van der Waals surface area contributed by atoms with Crippen LogP contribution in [0, 0.1) is 11.3 Å². The lowest BCUT2D eigenvalue weighted by molar-refractivity contribution is 0.399. The summed E-state index contributed by atoms with van der Waals surface area (Å²) in [6.07, 6.45) is 3.57. The molecule has 1 heterocycles. The lowest BCUT2D eigenvalue weighted by Gasteiger charge is -2.15. The molecule has 0 spiro atoms. The molecule has 20 heavy (non-hydrogen) atoms. The van der Waals surface area contributed by atoms with E-state index in [4.69, 9.17) is 0 Å². The SMILES string of the molecule is CC(C)CC1(CN=C2NS(=O)(=O)c3ccccc32)CC1. The second-order valence-electron chi connectivity index (χ2n) is 6.36. The van der Waals surface area contributed by atoms with Gasteiger partial charge in [0, 0.05) is 12.1 Å². The topological polar surface area (TPSA) is 58.5 Å². The van der Waals surface area contributed by atoms with E-state index in [9.17, 15) is 8.42 Å². The minimum absolute atomic E-state index is 0.310. The number of fused-ring (bicyclic) bond motifs is 1. The molecule has 0 bridgehead atoms. The van der Waals surface area contributed by atoms with E-state index >= 15 is 0 Å². The first kappa shape index (κ1) is 13.6. The summed E-state index contributed by atoms with van der Waals surface area (Å²) < 4.78 is 26.6. The van der Waals surface area contributed by atoms with E-state index in [2.05, 4.69) is 23.6 Å². The summed E-state index contributed by atoms with van der Waals surface area (Å²) in [5, 5.41) is 0. The normalized spacial score (nSPS) is 23.6. The zero-order chi connectivity index (χ0) is 14.4. The highest BCUT2D eigenvalue weighted by Gasteiger charge is 2.43. The summed E-state index contributed by atoms with van der Waals surface area (Å²) in [5.41, 5.74) is 1.01. The van der Waals surface area contributed by atoms with Gasteiger partial charge in [0.1, 0.15) is 5.84 Å². The number of hydrogen-bond donors (Lipinski definition) is 1. The van der Waals surface area contributed by atoms with Crippen LogP contribution < -0.4 is 4.72 Å². The molecule has 0 unspecified atom stereocenters. The lowest BCUT2D eigenvalue weighted by Crippen LogP contribution is -2.23. The Labute approximate surface area is 120 Å². The van der Waals surface area contributed by atoms with Crippen LogP contribution in [0.1, 0.15) is 38.7 Å². The monoisotopic (exact) mass is 292 g/mol. The molecule has 2 aliphatic rings. The van der Waals surface area contributed by atoms with Gasteiger partial charge in [0.2, 0.25) is 0 Å². The standard InChI is InChI=1S/C15H20N2O2S/c1-11(2)9-15(7-8-15)10-16-14-12-5-3-4-6-13(12)20(18,19)17-14/h3-6,11H,7-10H2,1-2H3,(H,16,17). The Morgan fingerprint density at radius 2 is 2.00 bits per heavy atom. The molecule has 108 valence electrons. The molecule has 5 heteroatoms. The highest BCUT2D eigenvalue weighted by atomic mass is 32.2. The van der Waals surface area contributed by atoms with Gasteiger partial charge in [-0.05, 0) is 42.7 Å². The van der Waals surface area contributed by atoms with Gasteiger partial charge < -0.3 is 0 Å². The molecular formula is C15H20N2O2S. The number of nitrogens with one attached hydrogen (secondary N) is 1. The molecular weight excluding hydrogens is 272 g/mol. The average molecular weight is 292 g/mol. The number of nitrogens with zero attached hydrogens (tertiary/aromatic N) is 1. The van der Waals surface area contributed by atoms with E-state index < -0.39 is 10.0 Å². The van der Waals surface area contributed by atoms with Crippen molar-refractivity contribution in [2.45, 2.75) is 38.0 Å². The maximum absolute atomic E-state index is 12.0. The molecule has 0 radical (unpaired) electrons. The molecule has 1 aromatic rings. The van der Waals surface area contributed by atoms with Crippen molar-refractivity contribution in [2.24, 2.45) is 16.3 Å². The second kappa shape index (κ2) is 4.58. The van der Waals surface area contributed by atoms with Gasteiger partial charge in [-0.15, -0.1) is 0 Å². The van der Waals surface area contributed by atoms with Gasteiger partial charge >= 0.3 is 0 Å². The van der Waals surface area contributed by atoms with Gasteiger partial charge in [0.15, 0.2) is 0 Å². The molecule has 0 saturated heterocycles. The number of rotatable bonds is 4. The predicted octanol–water partition coefficient (Wildman–Crippen LogP) is 2.55. The Hall–Kier alpha value is -1.36. The molecule has 3 rings (SSSR count). The van der Waals surface area contributed by atoms with Crippen LogP contribution in [0.15, 0.2) is 34.2 Å². The van der Waals surface area contributed by atoms with Crippen molar-refractivity contribution in [3.8, 4) is 0 Å². The van der Waals surface area contributed by atoms with Crippen LogP contribution in [-0.4, -0.2) is 20.8 Å². The molecule has 0 amide bonds. The zero-order valence-electron chi connectivity index (χ0n) is 11.9. The van der Waals surface area contributed by atoms with Gasteiger partial charge in [-0.1, -0.05) is 26.0 Å². The molecule has 1 saturated carbocycles. The van der Waals surface area contributed by atoms with Gasteiger partial charge in [-0.2, -0.15) is 0 Å². The van der Waals surface area contributed by atoms with Crippen molar-refractivity contribution < 1.29 is 8.42 Å². The third-order valence-electron chi connectivity index (χ3n) is 4.03. The van der Waals surface area contributed by atoms with Crippen LogP contribution in [-0.2, 0) is 10.0 Å². The summed E-state index contributed by atoms with van der Waals surface area (Å²) in [5.74, 6) is 1.17. The van der Waals surface area contributed by atoms with Crippen molar-refractivity contribution >= 4 is 15.9 Å². The fourth-order valence-corrected chi connectivity index (χ4v) is 4.22. The maximum atomic E-state index is 12.0. The Morgan fingerprint density at radius 1 is 1.30 bits per heavy atom. The highest BCUT2D eigenvalue weighted by Crippen LogP contribution is 2.50. The first-order valence-corrected chi connectivity index (χ1v) is 8.57. The van der Waals surface area contributed by atoms with E-state index in [0.29, 0.717) is 27.6 Å². The van der Waals surface area contributed by atoms with E-state index in [1.165, 1.54) is 12.8 Å². The van der Waals surface area contributed by atoms with Crippen LogP contribution in [0.25, 0.3) is 0 Å². The Morgan fingerprint density at radius 3 is 2.65 bits per heavy atom. The maximum Gasteiger partial charge on any atom is 0.263 e. The van der Waals surface area contributed by atoms with E-state index in [1.807, 2.05) is 12.1 Å². The van der Waals surface area contributed by atoms with Crippen LogP contribution >= 0.6 is 0 Å². The van der Waals surface area contributed by atoms with Gasteiger partial charge in [-0.25, -0.2) is 8.42 Å². The van der Waals surface area contributed by atoms with E-state index in [1.54, 1.807) is 12.1 Å². The third kappa shape index (κ3) is 2.46. The Kier molecular flexibility index (Phi) is 3.12. The van der Waals surface area contributed by atoms with Gasteiger partial charge in [0.05, 0.1) is 4.90 Å². The summed E-state index contributed by atoms with van der Waals surface area (Å²) in [4.78, 5) is 4.91. The smallest absolute Gasteiger partial charge is 0.263 e. The number of hydrogen-bond acceptors (Lipinski definition) is 3. The third-order valence-corrected chi connectivity index (χ3v) is 5.43. The number of benzene rings is 1. The fourth-order valence-electron chi connectivity index (χ4n) is 2.97. The number of amidine groups is 1. The lowest BCUT2D eigenvalue weighted by atomic mass is 9.94. The van der Waals surface area contributed by atoms with Crippen LogP contribution in [0.2, 0.25) is 0 Å². The average Bonchev–Trinajstić information content (AvgIpc) is 3.08. The largest absolute Gasteiger partial charge is 0.267 e. The summed E-state index contributed by atoms with van der Waals surface area (Å²) in [7, 11) is -3.41. The van der Waals surface area contributed by atoms with Crippen molar-refractivity contribution in [1.29, 1.82) is 0 Å². The molecule has 0 atom stereocenters. The quantitative estimate of drug-likeness (QED) is 0.927. The fraction of sp³-hybridized carbons (Fsp3) is 0.533. The first-order chi connectivity index (χ1) is 9.42. The molecule has 1 aliphatic heterocycles. The van der Waals surface area contributed by atoms with Crippen molar-refractivity contribution in [3.05, 3.63) is 29.8 Å². The molecule has 1 N–H and O–H groups in total. The summed E-state index contributed by atoms with van der Waals surface area (Å²) in [6.45, 7) is 5.17. The predicted molar refractivity (Wildman–Crippen MR) is 79.3 cm³/mol. The summed E-state index contributed by atoms with van der Waals surface area (Å²) in [6, 6.07) is 7.02. The van der Waals surface area contributed by atoms with Gasteiger partial charge in [0.25, 0.3) is 10.0 Å². The zero-order valence-corrected chi connectivity index (χ0v) is 12.7. The van der Waals surface area contributed by atoms with Crippen molar-refractivity contribution in [2.75, 3.05) is 6.54 Å². The van der Waals surface area contributed by atoms with E-state index in [0.717, 1.165) is 13.0 Å². The molecule has 1 fully saturated rings. The number of aliphatic imine (C=N–C) groups is 1. The molecule has 1 aliphatic carbocycles. The van der Waals surface area contributed by atoms with Crippen LogP contribution in [0.5, 0.6) is 0 Å². The minimum Gasteiger partial charge on any atom is -0.267 e. The van der Waals surface area contributed by atoms with Gasteiger partial charge in [-0.3, -0.25) is 9.71 Å². The van der Waals surface area contributed by atoms with Crippen LogP contribution in [0.4, 0.5) is 0 Å².